The second-order valence-electron chi connectivity index (χ2n) is 8.98. The van der Waals surface area contributed by atoms with Gasteiger partial charge in [-0.1, -0.05) is 20.4 Å². The van der Waals surface area contributed by atoms with E-state index in [2.05, 4.69) is 20.4 Å². The van der Waals surface area contributed by atoms with Crippen LogP contribution in [0.4, 0.5) is 0 Å². The molecule has 0 aliphatic heterocycles. The Hall–Kier alpha value is -0.920. The fourth-order valence-corrected chi connectivity index (χ4v) is 6.84. The van der Waals surface area contributed by atoms with Crippen LogP contribution < -0.4 is 0 Å². The van der Waals surface area contributed by atoms with E-state index in [4.69, 9.17) is 0 Å². The second-order valence-corrected chi connectivity index (χ2v) is 8.98. The summed E-state index contributed by atoms with van der Waals surface area (Å²) in [6.07, 6.45) is 8.19. The number of carbonyl (C=O) groups excluding carboxylic acids is 2. The lowest BCUT2D eigenvalue weighted by molar-refractivity contribution is -0.140. The van der Waals surface area contributed by atoms with Gasteiger partial charge in [-0.2, -0.15) is 0 Å². The molecule has 0 saturated heterocycles. The average molecular weight is 300 g/mol. The Morgan fingerprint density at radius 2 is 1.82 bits per heavy atom. The molecule has 4 rings (SSSR count). The quantitative estimate of drug-likeness (QED) is 0.624. The minimum Gasteiger partial charge on any atom is -0.299 e. The molecule has 22 heavy (non-hydrogen) atoms. The summed E-state index contributed by atoms with van der Waals surface area (Å²) >= 11 is 0. The number of hydrogen-bond donors (Lipinski definition) is 0. The second kappa shape index (κ2) is 4.55. The van der Waals surface area contributed by atoms with Gasteiger partial charge in [0, 0.05) is 18.3 Å². The summed E-state index contributed by atoms with van der Waals surface area (Å²) in [5.41, 5.74) is 1.07. The van der Waals surface area contributed by atoms with Crippen molar-refractivity contribution in [1.82, 2.24) is 0 Å². The van der Waals surface area contributed by atoms with Crippen molar-refractivity contribution in [2.75, 3.05) is 0 Å². The molecule has 0 aromatic carbocycles. The standard InChI is InChI=1S/C20H28O2/c1-12-11-20(3)13(10-17(12)21)4-5-14-15-6-7-18(22)19(15,2)9-8-16(14)20/h13-16H,1,4-11H2,2-3H3/t13-,14-,15-,16-,19-,20-/m0/s1. The van der Waals surface area contributed by atoms with E-state index in [1.165, 1.54) is 19.3 Å². The third kappa shape index (κ3) is 1.73. The maximum absolute atomic E-state index is 12.4. The van der Waals surface area contributed by atoms with E-state index in [0.29, 0.717) is 35.2 Å². The molecule has 0 amide bonds. The summed E-state index contributed by atoms with van der Waals surface area (Å²) in [4.78, 5) is 24.5. The summed E-state index contributed by atoms with van der Waals surface area (Å²) in [7, 11) is 0. The predicted octanol–water partition coefficient (Wildman–Crippen LogP) is 4.33. The summed E-state index contributed by atoms with van der Waals surface area (Å²) in [5, 5.41) is 0. The Bertz CT molecular complexity index is 562. The zero-order valence-corrected chi connectivity index (χ0v) is 14.0. The van der Waals surface area contributed by atoms with Crippen LogP contribution in [-0.4, -0.2) is 11.6 Å². The molecule has 0 aromatic rings. The smallest absolute Gasteiger partial charge is 0.158 e. The molecule has 2 nitrogen and oxygen atoms in total. The summed E-state index contributed by atoms with van der Waals surface area (Å²) in [6, 6.07) is 0. The molecular formula is C20H28O2. The van der Waals surface area contributed by atoms with Gasteiger partial charge in [0.15, 0.2) is 5.78 Å². The molecule has 120 valence electrons. The molecule has 4 fully saturated rings. The van der Waals surface area contributed by atoms with Crippen LogP contribution in [0.15, 0.2) is 12.2 Å². The van der Waals surface area contributed by atoms with Crippen LogP contribution in [-0.2, 0) is 9.59 Å². The van der Waals surface area contributed by atoms with Gasteiger partial charge in [0.1, 0.15) is 5.78 Å². The molecule has 0 heterocycles. The van der Waals surface area contributed by atoms with Crippen LogP contribution in [0.2, 0.25) is 0 Å². The highest BCUT2D eigenvalue weighted by Crippen LogP contribution is 2.65. The molecule has 2 heteroatoms. The molecule has 4 aliphatic rings. The molecule has 0 unspecified atom stereocenters. The minimum atomic E-state index is -0.0359. The average Bonchev–Trinajstić information content (AvgIpc) is 2.77. The van der Waals surface area contributed by atoms with Gasteiger partial charge in [-0.25, -0.2) is 0 Å². The van der Waals surface area contributed by atoms with Gasteiger partial charge in [-0.05, 0) is 73.2 Å². The van der Waals surface area contributed by atoms with E-state index in [0.717, 1.165) is 37.7 Å². The maximum atomic E-state index is 12.4. The van der Waals surface area contributed by atoms with Gasteiger partial charge in [0.25, 0.3) is 0 Å². The Morgan fingerprint density at radius 3 is 2.59 bits per heavy atom. The van der Waals surface area contributed by atoms with E-state index in [1.807, 2.05) is 0 Å². The topological polar surface area (TPSA) is 34.1 Å². The van der Waals surface area contributed by atoms with E-state index in [-0.39, 0.29) is 10.8 Å². The molecule has 0 bridgehead atoms. The first-order valence-electron chi connectivity index (χ1n) is 9.10. The zero-order valence-electron chi connectivity index (χ0n) is 14.0. The molecule has 0 spiro atoms. The molecule has 4 saturated carbocycles. The van der Waals surface area contributed by atoms with Crippen molar-refractivity contribution >= 4 is 11.6 Å². The lowest BCUT2D eigenvalue weighted by Crippen LogP contribution is -2.53. The maximum Gasteiger partial charge on any atom is 0.158 e. The van der Waals surface area contributed by atoms with Crippen LogP contribution in [0.25, 0.3) is 0 Å². The first-order chi connectivity index (χ1) is 10.4. The number of fused-ring (bicyclic) bond motifs is 5. The monoisotopic (exact) mass is 300 g/mol. The van der Waals surface area contributed by atoms with Crippen LogP contribution >= 0.6 is 0 Å². The van der Waals surface area contributed by atoms with Crippen molar-refractivity contribution in [2.45, 2.75) is 65.2 Å². The van der Waals surface area contributed by atoms with Gasteiger partial charge in [-0.15, -0.1) is 0 Å². The number of carbonyl (C=O) groups is 2. The van der Waals surface area contributed by atoms with Gasteiger partial charge in [-0.3, -0.25) is 9.59 Å². The van der Waals surface area contributed by atoms with Crippen LogP contribution in [0.1, 0.15) is 65.2 Å². The number of rotatable bonds is 0. The Kier molecular flexibility index (Phi) is 3.03. The molecule has 0 radical (unpaired) electrons. The van der Waals surface area contributed by atoms with E-state index in [1.54, 1.807) is 0 Å². The molecule has 6 atom stereocenters. The number of Topliss-reactive ketones (excluding diaryl/α,β-unsaturated/α-hetero) is 2. The molecule has 4 aliphatic carbocycles. The summed E-state index contributed by atoms with van der Waals surface area (Å²) in [6.45, 7) is 8.72. The Balaban J connectivity index is 1.67. The number of hydrogen-bond acceptors (Lipinski definition) is 2. The first-order valence-corrected chi connectivity index (χ1v) is 9.10. The first kappa shape index (κ1) is 14.7. The van der Waals surface area contributed by atoms with Crippen LogP contribution in [0, 0.1) is 34.5 Å². The van der Waals surface area contributed by atoms with E-state index in [9.17, 15) is 9.59 Å². The molecular weight excluding hydrogens is 272 g/mol. The summed E-state index contributed by atoms with van der Waals surface area (Å²) < 4.78 is 0. The molecule has 0 N–H and O–H groups in total. The van der Waals surface area contributed by atoms with Crippen molar-refractivity contribution in [3.63, 3.8) is 0 Å². The normalized spacial score (nSPS) is 51.3. The zero-order chi connectivity index (χ0) is 15.7. The van der Waals surface area contributed by atoms with Gasteiger partial charge >= 0.3 is 0 Å². The highest BCUT2D eigenvalue weighted by atomic mass is 16.1. The Labute approximate surface area is 133 Å². The lowest BCUT2D eigenvalue weighted by atomic mass is 9.45. The van der Waals surface area contributed by atoms with E-state index >= 15 is 0 Å². The van der Waals surface area contributed by atoms with Gasteiger partial charge in [0.2, 0.25) is 0 Å². The Morgan fingerprint density at radius 1 is 1.05 bits per heavy atom. The minimum absolute atomic E-state index is 0.0359. The van der Waals surface area contributed by atoms with Crippen molar-refractivity contribution in [1.29, 1.82) is 0 Å². The lowest BCUT2D eigenvalue weighted by Gasteiger charge is -2.59. The third-order valence-electron chi connectivity index (χ3n) is 8.19. The van der Waals surface area contributed by atoms with Gasteiger partial charge in [0.05, 0.1) is 0 Å². The predicted molar refractivity (Wildman–Crippen MR) is 86.3 cm³/mol. The number of ketones is 2. The third-order valence-corrected chi connectivity index (χ3v) is 8.19. The molecule has 0 aromatic heterocycles. The van der Waals surface area contributed by atoms with Crippen molar-refractivity contribution in [2.24, 2.45) is 34.5 Å². The van der Waals surface area contributed by atoms with Crippen molar-refractivity contribution < 1.29 is 9.59 Å². The largest absolute Gasteiger partial charge is 0.299 e. The van der Waals surface area contributed by atoms with Gasteiger partial charge < -0.3 is 0 Å². The SMILES string of the molecule is C=C1C[C@@]2(C)[C@@H](CC[C@@H]3[C@@H]2CC[C@]2(C)C(=O)CC[C@@H]32)CC1=O. The van der Waals surface area contributed by atoms with Crippen molar-refractivity contribution in [3.8, 4) is 0 Å². The fraction of sp³-hybridized carbons (Fsp3) is 0.800. The van der Waals surface area contributed by atoms with Crippen LogP contribution in [0.3, 0.4) is 0 Å². The van der Waals surface area contributed by atoms with Crippen molar-refractivity contribution in [3.05, 3.63) is 12.2 Å². The fourth-order valence-electron chi connectivity index (χ4n) is 6.84. The highest BCUT2D eigenvalue weighted by molar-refractivity contribution is 5.96. The summed E-state index contributed by atoms with van der Waals surface area (Å²) in [5.74, 6) is 3.37. The van der Waals surface area contributed by atoms with E-state index < -0.39 is 0 Å². The highest BCUT2D eigenvalue weighted by Gasteiger charge is 2.60. The number of allylic oxidation sites excluding steroid dienone is 1. The van der Waals surface area contributed by atoms with Crippen LogP contribution in [0.5, 0.6) is 0 Å².